The van der Waals surface area contributed by atoms with Crippen molar-refractivity contribution in [2.75, 3.05) is 0 Å². The van der Waals surface area contributed by atoms with Crippen molar-refractivity contribution >= 4 is 0 Å². The van der Waals surface area contributed by atoms with Crippen LogP contribution in [-0.4, -0.2) is 0 Å². The molecule has 92 valence electrons. The molecule has 0 amide bonds. The summed E-state index contributed by atoms with van der Waals surface area (Å²) in [6.07, 6.45) is 9.38. The van der Waals surface area contributed by atoms with E-state index in [4.69, 9.17) is 5.73 Å². The van der Waals surface area contributed by atoms with Crippen molar-refractivity contribution < 1.29 is 0 Å². The van der Waals surface area contributed by atoms with Crippen molar-refractivity contribution in [1.29, 1.82) is 0 Å². The Hall–Kier alpha value is -1.24. The molecule has 0 saturated carbocycles. The van der Waals surface area contributed by atoms with Gasteiger partial charge in [0.25, 0.3) is 0 Å². The molecule has 0 aliphatic carbocycles. The SMILES string of the molecule is C=CCC/C(=C/N)C(C=C)[C@@H](C)C=C.CC. The summed E-state index contributed by atoms with van der Waals surface area (Å²) in [7, 11) is 0. The molecule has 0 rings (SSSR count). The molecule has 0 aromatic heterocycles. The Morgan fingerprint density at radius 1 is 1.19 bits per heavy atom. The van der Waals surface area contributed by atoms with Gasteiger partial charge in [0, 0.05) is 5.92 Å². The van der Waals surface area contributed by atoms with Gasteiger partial charge in [-0.15, -0.1) is 19.7 Å². The molecule has 0 spiro atoms. The summed E-state index contributed by atoms with van der Waals surface area (Å²) in [5, 5.41) is 0. The highest BCUT2D eigenvalue weighted by molar-refractivity contribution is 5.15. The Kier molecular flexibility index (Phi) is 12.7. The average Bonchev–Trinajstić information content (AvgIpc) is 2.36. The first-order valence-electron chi connectivity index (χ1n) is 5.97. The summed E-state index contributed by atoms with van der Waals surface area (Å²) in [6.45, 7) is 17.5. The highest BCUT2D eigenvalue weighted by Crippen LogP contribution is 2.25. The van der Waals surface area contributed by atoms with Gasteiger partial charge in [-0.25, -0.2) is 0 Å². The maximum absolute atomic E-state index is 5.60. The molecule has 2 N–H and O–H groups in total. The van der Waals surface area contributed by atoms with Gasteiger partial charge in [0.15, 0.2) is 0 Å². The van der Waals surface area contributed by atoms with Gasteiger partial charge in [-0.3, -0.25) is 0 Å². The maximum atomic E-state index is 5.60. The van der Waals surface area contributed by atoms with Crippen molar-refractivity contribution in [3.8, 4) is 0 Å². The maximum Gasteiger partial charge on any atom is 0.00515 e. The molecule has 2 atom stereocenters. The molecule has 0 radical (unpaired) electrons. The van der Waals surface area contributed by atoms with Gasteiger partial charge in [0.05, 0.1) is 0 Å². The summed E-state index contributed by atoms with van der Waals surface area (Å²) in [4.78, 5) is 0. The number of nitrogens with two attached hydrogens (primary N) is 1. The fraction of sp³-hybridized carbons (Fsp3) is 0.467. The summed E-state index contributed by atoms with van der Waals surface area (Å²) in [5.74, 6) is 0.685. The van der Waals surface area contributed by atoms with E-state index in [1.807, 2.05) is 32.1 Å². The Balaban J connectivity index is 0. The topological polar surface area (TPSA) is 26.0 Å². The standard InChI is InChI=1S/C13H21N.C2H6/c1-5-8-9-12(10-14)13(7-3)11(4)6-2;1-2/h5-7,10-11,13H,1-3,8-9,14H2,4H3;1-2H3/b12-10-;/t11-,13?;/m0./s1. The molecule has 0 aromatic rings. The first-order valence-corrected chi connectivity index (χ1v) is 5.97. The fourth-order valence-corrected chi connectivity index (χ4v) is 1.48. The molecule has 16 heavy (non-hydrogen) atoms. The molecular weight excluding hydrogens is 194 g/mol. The molecule has 0 aromatic carbocycles. The molecule has 0 saturated heterocycles. The Morgan fingerprint density at radius 3 is 2.06 bits per heavy atom. The molecular formula is C15H27N. The second-order valence-electron chi connectivity index (χ2n) is 3.43. The minimum atomic E-state index is 0.303. The predicted octanol–water partition coefficient (Wildman–Crippen LogP) is 4.45. The van der Waals surface area contributed by atoms with E-state index in [0.29, 0.717) is 11.8 Å². The Morgan fingerprint density at radius 2 is 1.75 bits per heavy atom. The van der Waals surface area contributed by atoms with Crippen LogP contribution < -0.4 is 5.73 Å². The quantitative estimate of drug-likeness (QED) is 0.632. The van der Waals surface area contributed by atoms with E-state index in [-0.39, 0.29) is 0 Å². The van der Waals surface area contributed by atoms with Crippen LogP contribution in [0, 0.1) is 11.8 Å². The second-order valence-corrected chi connectivity index (χ2v) is 3.43. The zero-order chi connectivity index (χ0) is 13.0. The number of hydrogen-bond acceptors (Lipinski definition) is 1. The largest absolute Gasteiger partial charge is 0.405 e. The van der Waals surface area contributed by atoms with Crippen molar-refractivity contribution in [2.24, 2.45) is 17.6 Å². The summed E-state index contributed by atoms with van der Waals surface area (Å²) in [6, 6.07) is 0. The third-order valence-corrected chi connectivity index (χ3v) is 2.47. The van der Waals surface area contributed by atoms with Crippen LogP contribution >= 0.6 is 0 Å². The first-order chi connectivity index (χ1) is 7.71. The zero-order valence-corrected chi connectivity index (χ0v) is 11.1. The van der Waals surface area contributed by atoms with E-state index in [1.165, 1.54) is 5.57 Å². The third-order valence-electron chi connectivity index (χ3n) is 2.47. The van der Waals surface area contributed by atoms with Crippen LogP contribution in [0.15, 0.2) is 49.7 Å². The molecule has 0 fully saturated rings. The van der Waals surface area contributed by atoms with Gasteiger partial charge in [0.2, 0.25) is 0 Å². The smallest absolute Gasteiger partial charge is 0.00515 e. The zero-order valence-electron chi connectivity index (χ0n) is 11.1. The lowest BCUT2D eigenvalue weighted by Gasteiger charge is -2.20. The van der Waals surface area contributed by atoms with Gasteiger partial charge in [-0.2, -0.15) is 0 Å². The minimum Gasteiger partial charge on any atom is -0.405 e. The van der Waals surface area contributed by atoms with Gasteiger partial charge < -0.3 is 5.73 Å². The normalized spacial score (nSPS) is 14.1. The lowest BCUT2D eigenvalue weighted by atomic mass is 9.85. The minimum absolute atomic E-state index is 0.303. The van der Waals surface area contributed by atoms with Crippen LogP contribution in [0.3, 0.4) is 0 Å². The highest BCUT2D eigenvalue weighted by atomic mass is 14.5. The second kappa shape index (κ2) is 11.8. The first kappa shape index (κ1) is 17.2. The van der Waals surface area contributed by atoms with Crippen LogP contribution in [0.2, 0.25) is 0 Å². The van der Waals surface area contributed by atoms with Gasteiger partial charge in [-0.1, -0.05) is 39.0 Å². The van der Waals surface area contributed by atoms with Gasteiger partial charge in [0.1, 0.15) is 0 Å². The molecule has 0 bridgehead atoms. The Labute approximate surface area is 101 Å². The van der Waals surface area contributed by atoms with E-state index >= 15 is 0 Å². The van der Waals surface area contributed by atoms with Crippen molar-refractivity contribution in [3.63, 3.8) is 0 Å². The van der Waals surface area contributed by atoms with Crippen LogP contribution in [-0.2, 0) is 0 Å². The monoisotopic (exact) mass is 221 g/mol. The molecule has 1 nitrogen and oxygen atoms in total. The van der Waals surface area contributed by atoms with Crippen LogP contribution in [0.4, 0.5) is 0 Å². The lowest BCUT2D eigenvalue weighted by Crippen LogP contribution is -2.11. The number of rotatable bonds is 7. The van der Waals surface area contributed by atoms with Crippen LogP contribution in [0.1, 0.15) is 33.6 Å². The van der Waals surface area contributed by atoms with E-state index in [1.54, 1.807) is 6.20 Å². The van der Waals surface area contributed by atoms with Crippen molar-refractivity contribution in [1.82, 2.24) is 0 Å². The van der Waals surface area contributed by atoms with E-state index < -0.39 is 0 Å². The van der Waals surface area contributed by atoms with Crippen molar-refractivity contribution in [3.05, 3.63) is 49.7 Å². The Bertz CT molecular complexity index is 226. The van der Waals surface area contributed by atoms with Gasteiger partial charge >= 0.3 is 0 Å². The lowest BCUT2D eigenvalue weighted by molar-refractivity contribution is 0.564. The molecule has 1 unspecified atom stereocenters. The third kappa shape index (κ3) is 6.28. The number of hydrogen-bond donors (Lipinski definition) is 1. The fourth-order valence-electron chi connectivity index (χ4n) is 1.48. The van der Waals surface area contributed by atoms with Crippen molar-refractivity contribution in [2.45, 2.75) is 33.6 Å². The average molecular weight is 221 g/mol. The summed E-state index contributed by atoms with van der Waals surface area (Å²) >= 11 is 0. The summed E-state index contributed by atoms with van der Waals surface area (Å²) < 4.78 is 0. The van der Waals surface area contributed by atoms with E-state index in [0.717, 1.165) is 12.8 Å². The predicted molar refractivity (Wildman–Crippen MR) is 76.1 cm³/mol. The van der Waals surface area contributed by atoms with Crippen LogP contribution in [0.25, 0.3) is 0 Å². The number of allylic oxidation sites excluding steroid dienone is 4. The molecule has 1 heteroatoms. The van der Waals surface area contributed by atoms with E-state index in [2.05, 4.69) is 26.7 Å². The van der Waals surface area contributed by atoms with Crippen LogP contribution in [0.5, 0.6) is 0 Å². The molecule has 0 aliphatic rings. The van der Waals surface area contributed by atoms with Gasteiger partial charge in [-0.05, 0) is 30.5 Å². The van der Waals surface area contributed by atoms with E-state index in [9.17, 15) is 0 Å². The molecule has 0 aliphatic heterocycles. The highest BCUT2D eigenvalue weighted by Gasteiger charge is 2.14. The summed E-state index contributed by atoms with van der Waals surface area (Å²) in [5.41, 5.74) is 6.82. The molecule has 0 heterocycles.